The Labute approximate surface area is 210 Å². The molecule has 0 atom stereocenters. The summed E-state index contributed by atoms with van der Waals surface area (Å²) in [7, 11) is -4.12. The lowest BCUT2D eigenvalue weighted by Crippen LogP contribution is -2.40. The van der Waals surface area contributed by atoms with Gasteiger partial charge in [-0.1, -0.05) is 29.5 Å². The van der Waals surface area contributed by atoms with Gasteiger partial charge in [-0.15, -0.1) is 0 Å². The number of fused-ring (bicyclic) bond motifs is 2. The predicted octanol–water partition coefficient (Wildman–Crippen LogP) is 2.23. The van der Waals surface area contributed by atoms with Crippen LogP contribution in [0.3, 0.4) is 0 Å². The summed E-state index contributed by atoms with van der Waals surface area (Å²) in [6, 6.07) is 11.2. The molecular formula is C24H24FN3O6S2. The van der Waals surface area contributed by atoms with Crippen molar-refractivity contribution in [3.05, 3.63) is 58.6 Å². The zero-order valence-electron chi connectivity index (χ0n) is 19.5. The van der Waals surface area contributed by atoms with Crippen molar-refractivity contribution >= 4 is 54.9 Å². The van der Waals surface area contributed by atoms with Crippen LogP contribution >= 0.6 is 11.3 Å². The second-order valence-corrected chi connectivity index (χ2v) is 11.3. The Kier molecular flexibility index (Phi) is 7.65. The molecule has 4 rings (SSSR count). The molecule has 2 amide bonds. The van der Waals surface area contributed by atoms with Gasteiger partial charge in [-0.3, -0.25) is 14.4 Å². The second kappa shape index (κ2) is 10.7. The predicted molar refractivity (Wildman–Crippen MR) is 133 cm³/mol. The highest BCUT2D eigenvalue weighted by atomic mass is 32.2. The molecule has 0 saturated carbocycles. The Morgan fingerprint density at radius 2 is 1.92 bits per heavy atom. The number of para-hydroxylation sites is 1. The average Bonchev–Trinajstić information content (AvgIpc) is 3.13. The molecule has 0 N–H and O–H groups in total. The Morgan fingerprint density at radius 3 is 2.69 bits per heavy atom. The molecule has 1 aromatic heterocycles. The van der Waals surface area contributed by atoms with Gasteiger partial charge in [0, 0.05) is 12.2 Å². The largest absolute Gasteiger partial charge is 0.465 e. The van der Waals surface area contributed by atoms with Crippen LogP contribution in [-0.2, 0) is 41.9 Å². The summed E-state index contributed by atoms with van der Waals surface area (Å²) >= 11 is 0.939. The van der Waals surface area contributed by atoms with Crippen molar-refractivity contribution in [3.8, 4) is 0 Å². The average molecular weight is 534 g/mol. The summed E-state index contributed by atoms with van der Waals surface area (Å²) in [6.45, 7) is 1.91. The number of carbonyl (C=O) groups is 3. The molecule has 0 bridgehead atoms. The number of rotatable bonds is 7. The third kappa shape index (κ3) is 5.88. The fourth-order valence-electron chi connectivity index (χ4n) is 4.06. The molecule has 0 radical (unpaired) electrons. The number of anilines is 1. The van der Waals surface area contributed by atoms with E-state index in [1.54, 1.807) is 19.1 Å². The summed E-state index contributed by atoms with van der Waals surface area (Å²) in [4.78, 5) is 42.9. The molecule has 1 aliphatic rings. The lowest BCUT2D eigenvalue weighted by Gasteiger charge is -2.29. The third-order valence-corrected chi connectivity index (χ3v) is 7.97. The topological polar surface area (TPSA) is 115 Å². The number of hydrogen-bond donors (Lipinski definition) is 0. The Bertz CT molecular complexity index is 1510. The lowest BCUT2D eigenvalue weighted by molar-refractivity contribution is -0.143. The van der Waals surface area contributed by atoms with Gasteiger partial charge in [-0.05, 0) is 49.6 Å². The lowest BCUT2D eigenvalue weighted by atomic mass is 10.0. The molecule has 0 spiro atoms. The molecule has 0 unspecified atom stereocenters. The van der Waals surface area contributed by atoms with Gasteiger partial charge in [0.25, 0.3) is 5.91 Å². The first-order chi connectivity index (χ1) is 17.2. The van der Waals surface area contributed by atoms with E-state index in [0.717, 1.165) is 23.3 Å². The first-order valence-corrected chi connectivity index (χ1v) is 13.9. The van der Waals surface area contributed by atoms with Crippen LogP contribution in [0.25, 0.3) is 10.2 Å². The number of aryl methyl sites for hydroxylation is 1. The fourth-order valence-corrected chi connectivity index (χ4v) is 6.20. The van der Waals surface area contributed by atoms with Crippen LogP contribution in [0.4, 0.5) is 10.1 Å². The highest BCUT2D eigenvalue weighted by molar-refractivity contribution is 7.92. The molecular weight excluding hydrogens is 509 g/mol. The van der Waals surface area contributed by atoms with Crippen LogP contribution in [0.1, 0.15) is 18.9 Å². The number of nitrogens with zero attached hydrogens (tertiary/aromatic N) is 3. The molecule has 1 aliphatic heterocycles. The molecule has 2 aromatic carbocycles. The number of amides is 2. The van der Waals surface area contributed by atoms with Crippen molar-refractivity contribution in [2.75, 3.05) is 29.6 Å². The van der Waals surface area contributed by atoms with Crippen LogP contribution in [-0.4, -0.2) is 55.4 Å². The first kappa shape index (κ1) is 25.7. The Morgan fingerprint density at radius 1 is 1.14 bits per heavy atom. The van der Waals surface area contributed by atoms with Gasteiger partial charge in [0.1, 0.15) is 23.9 Å². The van der Waals surface area contributed by atoms with Crippen molar-refractivity contribution < 1.29 is 31.9 Å². The normalized spacial score (nSPS) is 14.1. The minimum Gasteiger partial charge on any atom is -0.465 e. The van der Waals surface area contributed by atoms with Gasteiger partial charge >= 0.3 is 5.97 Å². The maximum Gasteiger partial charge on any atom is 0.326 e. The minimum atomic E-state index is -4.12. The molecule has 2 heterocycles. The number of hydrogen-bond acceptors (Lipinski definition) is 7. The van der Waals surface area contributed by atoms with Crippen molar-refractivity contribution in [3.63, 3.8) is 0 Å². The second-order valence-electron chi connectivity index (χ2n) is 8.20. The van der Waals surface area contributed by atoms with Crippen LogP contribution in [0.5, 0.6) is 0 Å². The summed E-state index contributed by atoms with van der Waals surface area (Å²) in [5, 5.41) is 0. The quantitative estimate of drug-likeness (QED) is 0.430. The van der Waals surface area contributed by atoms with Crippen molar-refractivity contribution in [2.45, 2.75) is 26.3 Å². The number of benzene rings is 2. The van der Waals surface area contributed by atoms with E-state index >= 15 is 0 Å². The number of ether oxygens (including phenoxy) is 1. The molecule has 190 valence electrons. The smallest absolute Gasteiger partial charge is 0.326 e. The number of halogens is 1. The number of sulfone groups is 1. The molecule has 9 nitrogen and oxygen atoms in total. The van der Waals surface area contributed by atoms with E-state index in [2.05, 4.69) is 4.99 Å². The fraction of sp³-hybridized carbons (Fsp3) is 0.333. The van der Waals surface area contributed by atoms with Gasteiger partial charge in [0.2, 0.25) is 5.91 Å². The SMILES string of the molecule is CCOC(=O)Cn1c(=NC(=O)CS(=O)(=O)CC(=O)N2CCCc3ccccc32)sc2cc(F)ccc21. The Balaban J connectivity index is 1.55. The minimum absolute atomic E-state index is 0.0279. The van der Waals surface area contributed by atoms with Crippen LogP contribution in [0.15, 0.2) is 47.5 Å². The monoisotopic (exact) mass is 533 g/mol. The zero-order valence-corrected chi connectivity index (χ0v) is 21.1. The van der Waals surface area contributed by atoms with E-state index in [0.29, 0.717) is 28.9 Å². The van der Waals surface area contributed by atoms with Crippen LogP contribution in [0.2, 0.25) is 0 Å². The molecule has 36 heavy (non-hydrogen) atoms. The van der Waals surface area contributed by atoms with E-state index in [-0.39, 0.29) is 18.0 Å². The third-order valence-electron chi connectivity index (χ3n) is 5.56. The maximum atomic E-state index is 13.7. The van der Waals surface area contributed by atoms with Gasteiger partial charge in [-0.2, -0.15) is 4.99 Å². The van der Waals surface area contributed by atoms with Gasteiger partial charge in [0.05, 0.1) is 16.8 Å². The van der Waals surface area contributed by atoms with Gasteiger partial charge in [-0.25, -0.2) is 12.8 Å². The van der Waals surface area contributed by atoms with E-state index in [9.17, 15) is 27.2 Å². The van der Waals surface area contributed by atoms with Crippen molar-refractivity contribution in [2.24, 2.45) is 4.99 Å². The number of carbonyl (C=O) groups excluding carboxylic acids is 3. The van der Waals surface area contributed by atoms with Gasteiger partial charge < -0.3 is 14.2 Å². The molecule has 0 fully saturated rings. The first-order valence-electron chi connectivity index (χ1n) is 11.3. The molecule has 0 aliphatic carbocycles. The highest BCUT2D eigenvalue weighted by Gasteiger charge is 2.28. The number of esters is 1. The summed E-state index contributed by atoms with van der Waals surface area (Å²) in [6.07, 6.45) is 1.51. The summed E-state index contributed by atoms with van der Waals surface area (Å²) < 4.78 is 45.9. The maximum absolute atomic E-state index is 13.7. The van der Waals surface area contributed by atoms with Crippen molar-refractivity contribution in [1.82, 2.24) is 4.57 Å². The summed E-state index contributed by atoms with van der Waals surface area (Å²) in [5.41, 5.74) is 2.09. The summed E-state index contributed by atoms with van der Waals surface area (Å²) in [5.74, 6) is -4.50. The molecule has 12 heteroatoms. The zero-order chi connectivity index (χ0) is 25.9. The van der Waals surface area contributed by atoms with E-state index in [4.69, 9.17) is 4.74 Å². The highest BCUT2D eigenvalue weighted by Crippen LogP contribution is 2.27. The van der Waals surface area contributed by atoms with Crippen LogP contribution < -0.4 is 9.70 Å². The van der Waals surface area contributed by atoms with E-state index < -0.39 is 44.9 Å². The van der Waals surface area contributed by atoms with Crippen LogP contribution in [0, 0.1) is 5.82 Å². The van der Waals surface area contributed by atoms with E-state index in [1.807, 2.05) is 12.1 Å². The van der Waals surface area contributed by atoms with E-state index in [1.165, 1.54) is 27.7 Å². The standard InChI is InChI=1S/C24H24FN3O6S2/c1-2-34-23(31)13-28-19-10-9-17(25)12-20(19)35-24(28)26-21(29)14-36(32,33)15-22(30)27-11-5-7-16-6-3-4-8-18(16)27/h3-4,6,8-10,12H,2,5,7,11,13-15H2,1H3. The molecule has 3 aromatic rings. The number of thiazole rings is 1. The molecule has 0 saturated heterocycles. The Hall–Kier alpha value is -3.38. The van der Waals surface area contributed by atoms with Crippen molar-refractivity contribution in [1.29, 1.82) is 0 Å². The number of aromatic nitrogens is 1. The van der Waals surface area contributed by atoms with Gasteiger partial charge in [0.15, 0.2) is 14.6 Å².